The second-order valence-corrected chi connectivity index (χ2v) is 5.61. The van der Waals surface area contributed by atoms with E-state index < -0.39 is 0 Å². The minimum absolute atomic E-state index is 0.0714. The third-order valence-corrected chi connectivity index (χ3v) is 3.90. The third kappa shape index (κ3) is 3.84. The number of hydrogen-bond donors (Lipinski definition) is 1. The zero-order valence-corrected chi connectivity index (χ0v) is 11.7. The molecule has 4 heteroatoms. The van der Waals surface area contributed by atoms with Crippen molar-refractivity contribution in [1.29, 1.82) is 0 Å². The van der Waals surface area contributed by atoms with Crippen molar-refractivity contribution < 1.29 is 4.74 Å². The van der Waals surface area contributed by atoms with Gasteiger partial charge < -0.3 is 10.5 Å². The van der Waals surface area contributed by atoms with Crippen LogP contribution in [-0.4, -0.2) is 6.61 Å². The topological polar surface area (TPSA) is 35.2 Å². The predicted molar refractivity (Wildman–Crippen MR) is 75.5 cm³/mol. The second-order valence-electron chi connectivity index (χ2n) is 3.72. The van der Waals surface area contributed by atoms with Crippen LogP contribution in [0.1, 0.15) is 17.3 Å². The summed E-state index contributed by atoms with van der Waals surface area (Å²) in [5.41, 5.74) is 6.05. The van der Waals surface area contributed by atoms with Crippen molar-refractivity contribution >= 4 is 27.3 Å². The molecule has 2 N–H and O–H groups in total. The van der Waals surface area contributed by atoms with Gasteiger partial charge in [-0.1, -0.05) is 28.1 Å². The third-order valence-electron chi connectivity index (χ3n) is 2.40. The highest BCUT2D eigenvalue weighted by Gasteiger charge is 2.06. The molecule has 0 aliphatic heterocycles. The van der Waals surface area contributed by atoms with Gasteiger partial charge in [-0.3, -0.25) is 0 Å². The molecule has 0 aliphatic carbocycles. The number of nitrogens with two attached hydrogens (primary N) is 1. The first-order chi connectivity index (χ1) is 8.25. The SMILES string of the molecule is NC(CCOc1cccc(Br)c1)c1cccs1. The Hall–Kier alpha value is -0.840. The molecule has 1 atom stereocenters. The summed E-state index contributed by atoms with van der Waals surface area (Å²) in [5, 5.41) is 2.05. The van der Waals surface area contributed by atoms with Crippen LogP contribution in [0.5, 0.6) is 5.75 Å². The Morgan fingerprint density at radius 1 is 1.29 bits per heavy atom. The van der Waals surface area contributed by atoms with Gasteiger partial charge in [0.1, 0.15) is 5.75 Å². The molecule has 90 valence electrons. The summed E-state index contributed by atoms with van der Waals surface area (Å²) in [6, 6.07) is 12.0. The van der Waals surface area contributed by atoms with Crippen LogP contribution in [0.2, 0.25) is 0 Å². The molecule has 2 aromatic rings. The summed E-state index contributed by atoms with van der Waals surface area (Å²) < 4.78 is 6.68. The molecule has 0 radical (unpaired) electrons. The van der Waals surface area contributed by atoms with E-state index in [1.54, 1.807) is 11.3 Å². The van der Waals surface area contributed by atoms with E-state index in [-0.39, 0.29) is 6.04 Å². The smallest absolute Gasteiger partial charge is 0.120 e. The van der Waals surface area contributed by atoms with Crippen LogP contribution in [0.4, 0.5) is 0 Å². The van der Waals surface area contributed by atoms with Gasteiger partial charge in [-0.25, -0.2) is 0 Å². The van der Waals surface area contributed by atoms with Gasteiger partial charge in [0.25, 0.3) is 0 Å². The molecule has 0 bridgehead atoms. The average molecular weight is 312 g/mol. The summed E-state index contributed by atoms with van der Waals surface area (Å²) in [6.07, 6.45) is 0.826. The quantitative estimate of drug-likeness (QED) is 0.906. The number of rotatable bonds is 5. The number of hydrogen-bond acceptors (Lipinski definition) is 3. The maximum Gasteiger partial charge on any atom is 0.120 e. The van der Waals surface area contributed by atoms with Crippen molar-refractivity contribution in [1.82, 2.24) is 0 Å². The molecule has 0 aliphatic rings. The molecule has 17 heavy (non-hydrogen) atoms. The molecular weight excluding hydrogens is 298 g/mol. The van der Waals surface area contributed by atoms with Crippen molar-refractivity contribution in [2.24, 2.45) is 5.73 Å². The normalized spacial score (nSPS) is 12.4. The molecule has 2 rings (SSSR count). The van der Waals surface area contributed by atoms with Gasteiger partial charge in [0.2, 0.25) is 0 Å². The molecule has 1 heterocycles. The van der Waals surface area contributed by atoms with Crippen LogP contribution >= 0.6 is 27.3 Å². The monoisotopic (exact) mass is 311 g/mol. The van der Waals surface area contributed by atoms with E-state index in [0.29, 0.717) is 6.61 Å². The van der Waals surface area contributed by atoms with Gasteiger partial charge >= 0.3 is 0 Å². The first-order valence-corrected chi connectivity index (χ1v) is 7.10. The van der Waals surface area contributed by atoms with Gasteiger partial charge in [0.15, 0.2) is 0 Å². The Morgan fingerprint density at radius 3 is 2.88 bits per heavy atom. The Kier molecular flexibility index (Phi) is 4.59. The fraction of sp³-hybridized carbons (Fsp3) is 0.231. The molecule has 0 amide bonds. The van der Waals surface area contributed by atoms with Gasteiger partial charge in [0, 0.05) is 21.8 Å². The highest BCUT2D eigenvalue weighted by Crippen LogP contribution is 2.21. The zero-order valence-electron chi connectivity index (χ0n) is 9.30. The Balaban J connectivity index is 1.80. The lowest BCUT2D eigenvalue weighted by molar-refractivity contribution is 0.299. The standard InChI is InChI=1S/C13H14BrNOS/c14-10-3-1-4-11(9-10)16-7-6-12(15)13-5-2-8-17-13/h1-5,8-9,12H,6-7,15H2. The van der Waals surface area contributed by atoms with Crippen LogP contribution in [0, 0.1) is 0 Å². The summed E-state index contributed by atoms with van der Waals surface area (Å²) in [4.78, 5) is 1.21. The molecule has 1 unspecified atom stereocenters. The fourth-order valence-corrected chi connectivity index (χ4v) is 2.65. The molecule has 0 saturated carbocycles. The number of halogens is 1. The van der Waals surface area contributed by atoms with E-state index in [0.717, 1.165) is 16.6 Å². The van der Waals surface area contributed by atoms with Crippen LogP contribution in [0.15, 0.2) is 46.3 Å². The van der Waals surface area contributed by atoms with E-state index in [4.69, 9.17) is 10.5 Å². The molecule has 0 saturated heterocycles. The van der Waals surface area contributed by atoms with Crippen molar-refractivity contribution in [2.45, 2.75) is 12.5 Å². The fourth-order valence-electron chi connectivity index (χ4n) is 1.51. The largest absolute Gasteiger partial charge is 0.493 e. The van der Waals surface area contributed by atoms with E-state index >= 15 is 0 Å². The first kappa shape index (κ1) is 12.6. The maximum absolute atomic E-state index is 6.05. The van der Waals surface area contributed by atoms with Crippen molar-refractivity contribution in [3.8, 4) is 5.75 Å². The summed E-state index contributed by atoms with van der Waals surface area (Å²) in [5.74, 6) is 0.873. The highest BCUT2D eigenvalue weighted by atomic mass is 79.9. The molecular formula is C13H14BrNOS. The van der Waals surface area contributed by atoms with Gasteiger partial charge in [-0.2, -0.15) is 0 Å². The first-order valence-electron chi connectivity index (χ1n) is 5.43. The Bertz CT molecular complexity index is 458. The number of benzene rings is 1. The summed E-state index contributed by atoms with van der Waals surface area (Å²) in [7, 11) is 0. The van der Waals surface area contributed by atoms with Crippen molar-refractivity contribution in [3.63, 3.8) is 0 Å². The highest BCUT2D eigenvalue weighted by molar-refractivity contribution is 9.10. The predicted octanol–water partition coefficient (Wildman–Crippen LogP) is 3.98. The van der Waals surface area contributed by atoms with E-state index in [2.05, 4.69) is 22.0 Å². The van der Waals surface area contributed by atoms with Gasteiger partial charge in [0.05, 0.1) is 6.61 Å². The molecule has 1 aromatic carbocycles. The van der Waals surface area contributed by atoms with Crippen molar-refractivity contribution in [2.75, 3.05) is 6.61 Å². The lowest BCUT2D eigenvalue weighted by atomic mass is 10.2. The lowest BCUT2D eigenvalue weighted by Gasteiger charge is -2.11. The summed E-state index contributed by atoms with van der Waals surface area (Å²) >= 11 is 5.10. The van der Waals surface area contributed by atoms with Crippen LogP contribution in [0.25, 0.3) is 0 Å². The van der Waals surface area contributed by atoms with Gasteiger partial charge in [-0.05, 0) is 29.6 Å². The van der Waals surface area contributed by atoms with Crippen molar-refractivity contribution in [3.05, 3.63) is 51.1 Å². The van der Waals surface area contributed by atoms with E-state index in [1.807, 2.05) is 35.7 Å². The number of thiophene rings is 1. The maximum atomic E-state index is 6.05. The Labute approximate surface area is 114 Å². The average Bonchev–Trinajstić information content (AvgIpc) is 2.82. The van der Waals surface area contributed by atoms with E-state index in [9.17, 15) is 0 Å². The van der Waals surface area contributed by atoms with Crippen LogP contribution < -0.4 is 10.5 Å². The van der Waals surface area contributed by atoms with Crippen LogP contribution in [0.3, 0.4) is 0 Å². The summed E-state index contributed by atoms with van der Waals surface area (Å²) in [6.45, 7) is 0.634. The molecule has 0 fully saturated rings. The lowest BCUT2D eigenvalue weighted by Crippen LogP contribution is -2.12. The van der Waals surface area contributed by atoms with Gasteiger partial charge in [-0.15, -0.1) is 11.3 Å². The minimum Gasteiger partial charge on any atom is -0.493 e. The van der Waals surface area contributed by atoms with Crippen LogP contribution in [-0.2, 0) is 0 Å². The Morgan fingerprint density at radius 2 is 2.18 bits per heavy atom. The van der Waals surface area contributed by atoms with E-state index in [1.165, 1.54) is 4.88 Å². The molecule has 1 aromatic heterocycles. The number of ether oxygens (including phenoxy) is 1. The molecule has 2 nitrogen and oxygen atoms in total. The molecule has 0 spiro atoms. The second kappa shape index (κ2) is 6.19. The zero-order chi connectivity index (χ0) is 12.1. The minimum atomic E-state index is 0.0714.